The van der Waals surface area contributed by atoms with Gasteiger partial charge in [-0.25, -0.2) is 8.42 Å². The first kappa shape index (κ1) is 19.7. The summed E-state index contributed by atoms with van der Waals surface area (Å²) in [6.07, 6.45) is 1.06. The molecule has 1 atom stereocenters. The number of hydrogen-bond acceptors (Lipinski definition) is 6. The Kier molecular flexibility index (Phi) is 6.27. The Hall–Kier alpha value is -1.09. The first-order chi connectivity index (χ1) is 12.5. The van der Waals surface area contributed by atoms with E-state index in [1.807, 2.05) is 11.8 Å². The largest absolute Gasteiger partial charge is 0.379 e. The molecular formula is C18H26N2O4S2. The zero-order valence-corrected chi connectivity index (χ0v) is 16.7. The number of carbonyl (C=O) groups is 1. The van der Waals surface area contributed by atoms with Gasteiger partial charge in [-0.2, -0.15) is 11.8 Å². The van der Waals surface area contributed by atoms with Gasteiger partial charge < -0.3 is 10.1 Å². The van der Waals surface area contributed by atoms with E-state index in [1.54, 1.807) is 19.1 Å². The van der Waals surface area contributed by atoms with Crippen LogP contribution < -0.4 is 5.32 Å². The van der Waals surface area contributed by atoms with Crippen molar-refractivity contribution >= 4 is 27.5 Å². The van der Waals surface area contributed by atoms with Gasteiger partial charge in [0, 0.05) is 36.5 Å². The summed E-state index contributed by atoms with van der Waals surface area (Å²) in [6.45, 7) is 5.51. The van der Waals surface area contributed by atoms with Crippen LogP contribution in [0.4, 0.5) is 0 Å². The average Bonchev–Trinajstić information content (AvgIpc) is 3.17. The van der Waals surface area contributed by atoms with E-state index < -0.39 is 9.84 Å². The van der Waals surface area contributed by atoms with Crippen molar-refractivity contribution in [1.82, 2.24) is 10.2 Å². The summed E-state index contributed by atoms with van der Waals surface area (Å²) < 4.78 is 29.2. The Balaban J connectivity index is 1.65. The molecule has 8 heteroatoms. The molecule has 0 spiro atoms. The number of hydrogen-bond donors (Lipinski definition) is 1. The zero-order valence-electron chi connectivity index (χ0n) is 15.1. The molecule has 0 bridgehead atoms. The molecule has 0 radical (unpaired) electrons. The van der Waals surface area contributed by atoms with Gasteiger partial charge in [-0.1, -0.05) is 6.92 Å². The van der Waals surface area contributed by atoms with Gasteiger partial charge in [0.1, 0.15) is 0 Å². The molecule has 0 saturated carbocycles. The highest BCUT2D eigenvalue weighted by atomic mass is 32.2. The van der Waals surface area contributed by atoms with Crippen molar-refractivity contribution in [3.63, 3.8) is 0 Å². The van der Waals surface area contributed by atoms with Gasteiger partial charge in [0.2, 0.25) is 0 Å². The number of sulfone groups is 1. The van der Waals surface area contributed by atoms with Gasteiger partial charge in [0.25, 0.3) is 5.91 Å². The summed E-state index contributed by atoms with van der Waals surface area (Å²) in [4.78, 5) is 15.3. The Labute approximate surface area is 159 Å². The van der Waals surface area contributed by atoms with Crippen molar-refractivity contribution in [2.75, 3.05) is 50.1 Å². The maximum atomic E-state index is 12.5. The highest BCUT2D eigenvalue weighted by molar-refractivity contribution is 7.99. The second-order valence-corrected chi connectivity index (χ2v) is 10.1. The van der Waals surface area contributed by atoms with Crippen LogP contribution >= 0.6 is 11.8 Å². The first-order valence-corrected chi connectivity index (χ1v) is 11.8. The highest BCUT2D eigenvalue weighted by Gasteiger charge is 2.40. The Morgan fingerprint density at radius 3 is 2.54 bits per heavy atom. The number of nitrogens with zero attached hydrogens (tertiary/aromatic N) is 1. The molecule has 0 aliphatic carbocycles. The lowest BCUT2D eigenvalue weighted by Gasteiger charge is -2.43. The third-order valence-corrected chi connectivity index (χ3v) is 8.18. The second-order valence-electron chi connectivity index (χ2n) is 6.74. The molecule has 1 amide bonds. The molecule has 0 aromatic heterocycles. The Bertz CT molecular complexity index is 722. The monoisotopic (exact) mass is 398 g/mol. The maximum absolute atomic E-state index is 12.5. The van der Waals surface area contributed by atoms with E-state index in [9.17, 15) is 13.2 Å². The number of carbonyl (C=O) groups excluding carboxylic acids is 1. The van der Waals surface area contributed by atoms with Crippen molar-refractivity contribution in [2.24, 2.45) is 0 Å². The molecular weight excluding hydrogens is 372 g/mol. The number of rotatable bonds is 6. The molecule has 144 valence electrons. The number of nitrogens with one attached hydrogen (secondary N) is 1. The third kappa shape index (κ3) is 4.24. The fourth-order valence-corrected chi connectivity index (χ4v) is 5.82. The Morgan fingerprint density at radius 2 is 1.96 bits per heavy atom. The zero-order chi connectivity index (χ0) is 18.6. The second kappa shape index (κ2) is 8.29. The van der Waals surface area contributed by atoms with Crippen LogP contribution in [0.25, 0.3) is 0 Å². The molecule has 3 rings (SSSR count). The smallest absolute Gasteiger partial charge is 0.251 e. The summed E-state index contributed by atoms with van der Waals surface area (Å²) in [5.41, 5.74) is 0.484. The predicted molar refractivity (Wildman–Crippen MR) is 104 cm³/mol. The fraction of sp³-hybridized carbons (Fsp3) is 0.611. The standard InChI is InChI=1S/C18H26N2O4S2/c1-2-26(22,23)16-5-3-15(4-6-16)17(21)19-13-18(7-12-25-14-18)20-8-10-24-11-9-20/h3-6H,2,7-14H2,1H3,(H,19,21). The van der Waals surface area contributed by atoms with E-state index in [2.05, 4.69) is 10.2 Å². The number of benzene rings is 1. The quantitative estimate of drug-likeness (QED) is 0.781. The Morgan fingerprint density at radius 1 is 1.27 bits per heavy atom. The maximum Gasteiger partial charge on any atom is 0.251 e. The van der Waals surface area contributed by atoms with Gasteiger partial charge in [0.05, 0.1) is 23.9 Å². The predicted octanol–water partition coefficient (Wildman–Crippen LogP) is 1.42. The van der Waals surface area contributed by atoms with Gasteiger partial charge in [0.15, 0.2) is 9.84 Å². The molecule has 2 aliphatic heterocycles. The summed E-state index contributed by atoms with van der Waals surface area (Å²) in [6, 6.07) is 6.19. The van der Waals surface area contributed by atoms with Crippen LogP contribution in [0.5, 0.6) is 0 Å². The van der Waals surface area contributed by atoms with E-state index in [4.69, 9.17) is 4.74 Å². The average molecular weight is 399 g/mol. The molecule has 1 N–H and O–H groups in total. The fourth-order valence-electron chi connectivity index (χ4n) is 3.46. The SMILES string of the molecule is CCS(=O)(=O)c1ccc(C(=O)NCC2(N3CCOCC3)CCSC2)cc1. The molecule has 1 unspecified atom stereocenters. The van der Waals surface area contributed by atoms with Crippen molar-refractivity contribution in [3.8, 4) is 0 Å². The van der Waals surface area contributed by atoms with E-state index >= 15 is 0 Å². The number of thioether (sulfide) groups is 1. The van der Waals surface area contributed by atoms with Gasteiger partial charge in [-0.15, -0.1) is 0 Å². The third-order valence-electron chi connectivity index (χ3n) is 5.20. The van der Waals surface area contributed by atoms with Crippen molar-refractivity contribution < 1.29 is 17.9 Å². The molecule has 6 nitrogen and oxygen atoms in total. The minimum absolute atomic E-state index is 0.00437. The lowest BCUT2D eigenvalue weighted by molar-refractivity contribution is -0.0129. The molecule has 1 aromatic rings. The minimum atomic E-state index is -3.24. The van der Waals surface area contributed by atoms with Crippen LogP contribution in [-0.4, -0.2) is 74.9 Å². The van der Waals surface area contributed by atoms with Crippen molar-refractivity contribution in [1.29, 1.82) is 0 Å². The molecule has 2 heterocycles. The highest BCUT2D eigenvalue weighted by Crippen LogP contribution is 2.33. The lowest BCUT2D eigenvalue weighted by Crippen LogP contribution is -2.59. The molecule has 2 saturated heterocycles. The van der Waals surface area contributed by atoms with E-state index in [-0.39, 0.29) is 22.1 Å². The normalized spacial score (nSPS) is 24.5. The van der Waals surface area contributed by atoms with Crippen molar-refractivity contribution in [2.45, 2.75) is 23.8 Å². The van der Waals surface area contributed by atoms with Crippen LogP contribution in [0.1, 0.15) is 23.7 Å². The van der Waals surface area contributed by atoms with Crippen LogP contribution in [0.2, 0.25) is 0 Å². The van der Waals surface area contributed by atoms with Gasteiger partial charge in [-0.05, 0) is 36.4 Å². The molecule has 2 aliphatic rings. The van der Waals surface area contributed by atoms with Crippen molar-refractivity contribution in [3.05, 3.63) is 29.8 Å². The van der Waals surface area contributed by atoms with Crippen LogP contribution in [-0.2, 0) is 14.6 Å². The lowest BCUT2D eigenvalue weighted by atomic mass is 9.95. The summed E-state index contributed by atoms with van der Waals surface area (Å²) in [5, 5.41) is 3.07. The minimum Gasteiger partial charge on any atom is -0.379 e. The molecule has 26 heavy (non-hydrogen) atoms. The summed E-state index contributed by atoms with van der Waals surface area (Å²) in [5.74, 6) is 2.02. The van der Waals surface area contributed by atoms with Gasteiger partial charge in [-0.3, -0.25) is 9.69 Å². The number of morpholine rings is 1. The number of amides is 1. The van der Waals surface area contributed by atoms with E-state index in [0.717, 1.165) is 44.2 Å². The van der Waals surface area contributed by atoms with Crippen LogP contribution in [0.3, 0.4) is 0 Å². The van der Waals surface area contributed by atoms with E-state index in [1.165, 1.54) is 12.1 Å². The summed E-state index contributed by atoms with van der Waals surface area (Å²) in [7, 11) is -3.24. The van der Waals surface area contributed by atoms with Crippen LogP contribution in [0, 0.1) is 0 Å². The molecule has 1 aromatic carbocycles. The molecule has 2 fully saturated rings. The number of ether oxygens (including phenoxy) is 1. The van der Waals surface area contributed by atoms with E-state index in [0.29, 0.717) is 12.1 Å². The topological polar surface area (TPSA) is 75.7 Å². The summed E-state index contributed by atoms with van der Waals surface area (Å²) >= 11 is 1.93. The van der Waals surface area contributed by atoms with Crippen LogP contribution in [0.15, 0.2) is 29.2 Å². The van der Waals surface area contributed by atoms with Gasteiger partial charge >= 0.3 is 0 Å². The first-order valence-electron chi connectivity index (χ1n) is 8.98.